The molecule has 0 radical (unpaired) electrons. The number of hydrogen-bond donors (Lipinski definition) is 2. The monoisotopic (exact) mass is 390 g/mol. The SMILES string of the molecule is COC(=O)c1cc(NC(=O)CSc2[nH]c3ccccc3[n+]2C)ccc1Cl. The summed E-state index contributed by atoms with van der Waals surface area (Å²) in [5.41, 5.74) is 2.78. The van der Waals surface area contributed by atoms with Crippen molar-refractivity contribution in [2.75, 3.05) is 18.2 Å². The Bertz CT molecular complexity index is 987. The predicted molar refractivity (Wildman–Crippen MR) is 102 cm³/mol. The van der Waals surface area contributed by atoms with Gasteiger partial charge in [0.05, 0.1) is 30.5 Å². The summed E-state index contributed by atoms with van der Waals surface area (Å²) < 4.78 is 6.68. The number of halogens is 1. The molecule has 0 saturated heterocycles. The van der Waals surface area contributed by atoms with Crippen LogP contribution in [0.15, 0.2) is 47.6 Å². The predicted octanol–water partition coefficient (Wildman–Crippen LogP) is 3.16. The maximum atomic E-state index is 12.2. The van der Waals surface area contributed by atoms with Gasteiger partial charge in [0.2, 0.25) is 5.91 Å². The number of methoxy groups -OCH3 is 1. The molecule has 2 N–H and O–H groups in total. The van der Waals surface area contributed by atoms with Gasteiger partial charge < -0.3 is 10.1 Å². The minimum Gasteiger partial charge on any atom is -0.465 e. The van der Waals surface area contributed by atoms with Crippen molar-refractivity contribution in [3.63, 3.8) is 0 Å². The Morgan fingerprint density at radius 2 is 2.04 bits per heavy atom. The number of hydrogen-bond acceptors (Lipinski definition) is 4. The van der Waals surface area contributed by atoms with E-state index in [9.17, 15) is 9.59 Å². The van der Waals surface area contributed by atoms with E-state index in [2.05, 4.69) is 15.0 Å². The van der Waals surface area contributed by atoms with Crippen LogP contribution in [0.4, 0.5) is 5.69 Å². The van der Waals surface area contributed by atoms with Crippen molar-refractivity contribution in [2.24, 2.45) is 7.05 Å². The number of anilines is 1. The lowest BCUT2D eigenvalue weighted by molar-refractivity contribution is -0.683. The van der Waals surface area contributed by atoms with Gasteiger partial charge in [-0.05, 0) is 42.1 Å². The van der Waals surface area contributed by atoms with Crippen LogP contribution in [0, 0.1) is 0 Å². The average Bonchev–Trinajstić information content (AvgIpc) is 2.97. The third-order valence-corrected chi connectivity index (χ3v) is 5.19. The summed E-state index contributed by atoms with van der Waals surface area (Å²) in [6.45, 7) is 0. The second kappa shape index (κ2) is 7.80. The Kier molecular flexibility index (Phi) is 5.49. The summed E-state index contributed by atoms with van der Waals surface area (Å²) in [6.07, 6.45) is 0. The van der Waals surface area contributed by atoms with Crippen molar-refractivity contribution in [3.05, 3.63) is 53.1 Å². The van der Waals surface area contributed by atoms with Crippen molar-refractivity contribution in [3.8, 4) is 0 Å². The second-order valence-electron chi connectivity index (χ2n) is 5.53. The number of esters is 1. The number of carbonyl (C=O) groups excluding carboxylic acids is 2. The van der Waals surface area contributed by atoms with Gasteiger partial charge in [-0.2, -0.15) is 0 Å². The highest BCUT2D eigenvalue weighted by Gasteiger charge is 2.17. The van der Waals surface area contributed by atoms with Crippen LogP contribution in [0.3, 0.4) is 0 Å². The zero-order chi connectivity index (χ0) is 18.7. The fourth-order valence-corrected chi connectivity index (χ4v) is 3.52. The molecule has 0 saturated carbocycles. The Labute approximate surface area is 159 Å². The van der Waals surface area contributed by atoms with Gasteiger partial charge in [-0.1, -0.05) is 23.7 Å². The molecule has 0 aliphatic rings. The van der Waals surface area contributed by atoms with E-state index in [0.29, 0.717) is 5.69 Å². The average molecular weight is 391 g/mol. The van der Waals surface area contributed by atoms with Crippen LogP contribution in [-0.2, 0) is 16.6 Å². The lowest BCUT2D eigenvalue weighted by Crippen LogP contribution is -2.29. The Morgan fingerprint density at radius 3 is 2.77 bits per heavy atom. The first-order valence-electron chi connectivity index (χ1n) is 7.77. The maximum absolute atomic E-state index is 12.2. The van der Waals surface area contributed by atoms with E-state index in [-0.39, 0.29) is 22.2 Å². The van der Waals surface area contributed by atoms with Crippen LogP contribution >= 0.6 is 23.4 Å². The first-order valence-corrected chi connectivity index (χ1v) is 9.13. The highest BCUT2D eigenvalue weighted by molar-refractivity contribution is 7.99. The van der Waals surface area contributed by atoms with Crippen molar-refractivity contribution in [1.82, 2.24) is 4.98 Å². The number of ether oxygens (including phenoxy) is 1. The smallest absolute Gasteiger partial charge is 0.339 e. The molecule has 0 bridgehead atoms. The van der Waals surface area contributed by atoms with E-state index >= 15 is 0 Å². The lowest BCUT2D eigenvalue weighted by atomic mass is 10.2. The number of rotatable bonds is 5. The van der Waals surface area contributed by atoms with E-state index in [0.717, 1.165) is 16.2 Å². The molecule has 3 rings (SSSR count). The van der Waals surface area contributed by atoms with Crippen LogP contribution in [-0.4, -0.2) is 29.7 Å². The van der Waals surface area contributed by atoms with E-state index in [1.807, 2.05) is 35.9 Å². The van der Waals surface area contributed by atoms with E-state index in [1.165, 1.54) is 24.9 Å². The van der Waals surface area contributed by atoms with Gasteiger partial charge >= 0.3 is 11.1 Å². The zero-order valence-electron chi connectivity index (χ0n) is 14.2. The molecule has 0 aliphatic heterocycles. The molecule has 8 heteroatoms. The number of aromatic nitrogens is 2. The number of carbonyl (C=O) groups is 2. The number of nitrogens with one attached hydrogen (secondary N) is 2. The molecule has 1 heterocycles. The van der Waals surface area contributed by atoms with E-state index < -0.39 is 5.97 Å². The number of benzene rings is 2. The molecule has 134 valence electrons. The minimum absolute atomic E-state index is 0.188. The van der Waals surface area contributed by atoms with Gasteiger partial charge in [0.15, 0.2) is 11.0 Å². The molecule has 0 aliphatic carbocycles. The van der Waals surface area contributed by atoms with Crippen molar-refractivity contribution in [2.45, 2.75) is 5.16 Å². The highest BCUT2D eigenvalue weighted by atomic mass is 35.5. The Hall–Kier alpha value is -2.51. The number of aryl methyl sites for hydroxylation is 1. The molecule has 2 aromatic carbocycles. The van der Waals surface area contributed by atoms with Crippen molar-refractivity contribution < 1.29 is 18.9 Å². The van der Waals surface area contributed by atoms with Gasteiger partial charge in [0.1, 0.15) is 0 Å². The molecule has 0 spiro atoms. The Morgan fingerprint density at radius 1 is 1.27 bits per heavy atom. The van der Waals surface area contributed by atoms with Crippen LogP contribution in [0.2, 0.25) is 5.02 Å². The molecule has 1 amide bonds. The minimum atomic E-state index is -0.550. The summed E-state index contributed by atoms with van der Waals surface area (Å²) in [5, 5.41) is 3.92. The molecule has 0 fully saturated rings. The molecule has 6 nitrogen and oxygen atoms in total. The number of fused-ring (bicyclic) bond motifs is 1. The quantitative estimate of drug-likeness (QED) is 0.398. The summed E-state index contributed by atoms with van der Waals surface area (Å²) >= 11 is 7.38. The van der Waals surface area contributed by atoms with Gasteiger partial charge in [0.25, 0.3) is 0 Å². The molecular formula is C18H17ClN3O3S+. The summed E-state index contributed by atoms with van der Waals surface area (Å²) in [6, 6.07) is 12.6. The normalized spacial score (nSPS) is 10.7. The van der Waals surface area contributed by atoms with Gasteiger partial charge in [-0.15, -0.1) is 0 Å². The summed E-state index contributed by atoms with van der Waals surface area (Å²) in [5.74, 6) is -0.519. The Balaban J connectivity index is 1.67. The fourth-order valence-electron chi connectivity index (χ4n) is 2.51. The number of nitrogens with zero attached hydrogens (tertiary/aromatic N) is 1. The number of thioether (sulfide) groups is 1. The third kappa shape index (κ3) is 3.84. The fraction of sp³-hybridized carbons (Fsp3) is 0.167. The number of amides is 1. The molecule has 0 atom stereocenters. The van der Waals surface area contributed by atoms with E-state index in [1.54, 1.807) is 12.1 Å². The molecule has 26 heavy (non-hydrogen) atoms. The number of aromatic amines is 1. The standard InChI is InChI=1S/C18H16ClN3O3S/c1-22-15-6-4-3-5-14(15)21-18(22)26-10-16(23)20-11-7-8-13(19)12(9-11)17(24)25-2/h3-9H,10H2,1-2H3,(H,20,23)/p+1. The van der Waals surface area contributed by atoms with Crippen LogP contribution in [0.1, 0.15) is 10.4 Å². The first kappa shape index (κ1) is 18.3. The maximum Gasteiger partial charge on any atom is 0.339 e. The lowest BCUT2D eigenvalue weighted by Gasteiger charge is -2.07. The van der Waals surface area contributed by atoms with Gasteiger partial charge in [-0.25, -0.2) is 14.3 Å². The summed E-state index contributed by atoms with van der Waals surface area (Å²) in [7, 11) is 3.22. The number of H-pyrrole nitrogens is 1. The molecular weight excluding hydrogens is 374 g/mol. The number of para-hydroxylation sites is 2. The van der Waals surface area contributed by atoms with Crippen LogP contribution < -0.4 is 9.88 Å². The highest BCUT2D eigenvalue weighted by Crippen LogP contribution is 2.22. The second-order valence-corrected chi connectivity index (χ2v) is 6.90. The first-order chi connectivity index (χ1) is 12.5. The zero-order valence-corrected chi connectivity index (χ0v) is 15.8. The molecule has 1 aromatic heterocycles. The van der Waals surface area contributed by atoms with E-state index in [4.69, 9.17) is 11.6 Å². The van der Waals surface area contributed by atoms with Gasteiger partial charge in [-0.3, -0.25) is 4.79 Å². The largest absolute Gasteiger partial charge is 0.465 e. The summed E-state index contributed by atoms with van der Waals surface area (Å²) in [4.78, 5) is 27.2. The van der Waals surface area contributed by atoms with Crippen LogP contribution in [0.25, 0.3) is 11.0 Å². The number of imidazole rings is 1. The van der Waals surface area contributed by atoms with Crippen molar-refractivity contribution >= 4 is 52.0 Å². The molecule has 3 aromatic rings. The van der Waals surface area contributed by atoms with Crippen LogP contribution in [0.5, 0.6) is 0 Å². The topological polar surface area (TPSA) is 75.1 Å². The molecule has 0 unspecified atom stereocenters. The van der Waals surface area contributed by atoms with Crippen molar-refractivity contribution in [1.29, 1.82) is 0 Å². The van der Waals surface area contributed by atoms with Gasteiger partial charge in [0, 0.05) is 5.69 Å². The third-order valence-electron chi connectivity index (χ3n) is 3.81.